The van der Waals surface area contributed by atoms with Crippen LogP contribution in [0.1, 0.15) is 79.1 Å². The van der Waals surface area contributed by atoms with Crippen LogP contribution in [0.5, 0.6) is 0 Å². The Bertz CT molecular complexity index is 370. The molecule has 134 valence electrons. The fourth-order valence-corrected chi connectivity index (χ4v) is 3.93. The third kappa shape index (κ3) is 6.70. The van der Waals surface area contributed by atoms with Crippen molar-refractivity contribution in [1.82, 2.24) is 10.6 Å². The Balaban J connectivity index is 1.78. The number of hydrogen-bond donors (Lipinski definition) is 2. The van der Waals surface area contributed by atoms with Crippen molar-refractivity contribution in [2.24, 2.45) is 11.8 Å². The van der Waals surface area contributed by atoms with E-state index in [0.29, 0.717) is 18.0 Å². The van der Waals surface area contributed by atoms with Crippen molar-refractivity contribution in [3.8, 4) is 0 Å². The molecule has 1 amide bonds. The molecule has 4 heteroatoms. The minimum atomic E-state index is -0.424. The zero-order valence-electron chi connectivity index (χ0n) is 15.5. The summed E-state index contributed by atoms with van der Waals surface area (Å²) in [6.07, 6.45) is 10.1. The Morgan fingerprint density at radius 2 is 1.70 bits per heavy atom. The van der Waals surface area contributed by atoms with E-state index < -0.39 is 5.60 Å². The molecule has 0 saturated heterocycles. The van der Waals surface area contributed by atoms with Crippen LogP contribution in [-0.2, 0) is 4.74 Å². The summed E-state index contributed by atoms with van der Waals surface area (Å²) >= 11 is 0. The highest BCUT2D eigenvalue weighted by Gasteiger charge is 2.29. The minimum absolute atomic E-state index is 0.284. The number of alkyl carbamates (subject to hydrolysis) is 1. The molecule has 4 nitrogen and oxygen atoms in total. The summed E-state index contributed by atoms with van der Waals surface area (Å²) in [6, 6.07) is 1.23. The molecular formula is C19H36N2O2. The highest BCUT2D eigenvalue weighted by molar-refractivity contribution is 5.67. The molecule has 0 bridgehead atoms. The van der Waals surface area contributed by atoms with E-state index in [2.05, 4.69) is 17.6 Å². The molecule has 2 fully saturated rings. The van der Waals surface area contributed by atoms with Crippen LogP contribution >= 0.6 is 0 Å². The summed E-state index contributed by atoms with van der Waals surface area (Å²) in [5, 5.41) is 6.89. The van der Waals surface area contributed by atoms with E-state index in [1.807, 2.05) is 20.8 Å². The van der Waals surface area contributed by atoms with E-state index in [-0.39, 0.29) is 6.09 Å². The van der Waals surface area contributed by atoms with Crippen LogP contribution in [0.4, 0.5) is 4.79 Å². The van der Waals surface area contributed by atoms with E-state index in [1.54, 1.807) is 0 Å². The van der Waals surface area contributed by atoms with Gasteiger partial charge in [-0.15, -0.1) is 0 Å². The van der Waals surface area contributed by atoms with Crippen LogP contribution in [0.25, 0.3) is 0 Å². The first-order valence-corrected chi connectivity index (χ1v) is 9.56. The SMILES string of the molecule is CC1CCC(NC2CCCCC2CNC(=O)OC(C)(C)C)CC1. The number of hydrogen-bond acceptors (Lipinski definition) is 3. The van der Waals surface area contributed by atoms with Crippen LogP contribution in [-0.4, -0.2) is 30.3 Å². The maximum absolute atomic E-state index is 11.9. The van der Waals surface area contributed by atoms with E-state index >= 15 is 0 Å². The molecule has 2 unspecified atom stereocenters. The average molecular weight is 325 g/mol. The Labute approximate surface area is 142 Å². The van der Waals surface area contributed by atoms with Gasteiger partial charge >= 0.3 is 6.09 Å². The van der Waals surface area contributed by atoms with Crippen LogP contribution in [0.15, 0.2) is 0 Å². The molecule has 2 saturated carbocycles. The zero-order valence-corrected chi connectivity index (χ0v) is 15.5. The van der Waals surface area contributed by atoms with Gasteiger partial charge in [-0.1, -0.05) is 19.8 Å². The monoisotopic (exact) mass is 324 g/mol. The maximum Gasteiger partial charge on any atom is 0.407 e. The molecule has 0 aromatic heterocycles. The molecule has 23 heavy (non-hydrogen) atoms. The van der Waals surface area contributed by atoms with Gasteiger partial charge in [-0.05, 0) is 71.1 Å². The van der Waals surface area contributed by atoms with E-state index in [4.69, 9.17) is 4.74 Å². The molecule has 2 aliphatic rings. The van der Waals surface area contributed by atoms with E-state index in [0.717, 1.165) is 12.5 Å². The normalized spacial score (nSPS) is 32.3. The van der Waals surface area contributed by atoms with Gasteiger partial charge < -0.3 is 15.4 Å². The lowest BCUT2D eigenvalue weighted by atomic mass is 9.82. The van der Waals surface area contributed by atoms with Gasteiger partial charge in [0, 0.05) is 18.6 Å². The number of carbonyl (C=O) groups excluding carboxylic acids is 1. The molecule has 0 radical (unpaired) electrons. The maximum atomic E-state index is 11.9. The van der Waals surface area contributed by atoms with Crippen molar-refractivity contribution < 1.29 is 9.53 Å². The molecule has 0 heterocycles. The number of rotatable bonds is 4. The number of amides is 1. The van der Waals surface area contributed by atoms with Gasteiger partial charge in [0.2, 0.25) is 0 Å². The number of carbonyl (C=O) groups is 1. The van der Waals surface area contributed by atoms with Crippen LogP contribution in [0, 0.1) is 11.8 Å². The Morgan fingerprint density at radius 3 is 2.35 bits per heavy atom. The minimum Gasteiger partial charge on any atom is -0.444 e. The van der Waals surface area contributed by atoms with E-state index in [1.165, 1.54) is 51.4 Å². The van der Waals surface area contributed by atoms with Gasteiger partial charge in [-0.2, -0.15) is 0 Å². The van der Waals surface area contributed by atoms with Gasteiger partial charge in [0.25, 0.3) is 0 Å². The number of nitrogens with one attached hydrogen (secondary N) is 2. The van der Waals surface area contributed by atoms with E-state index in [9.17, 15) is 4.79 Å². The summed E-state index contributed by atoms with van der Waals surface area (Å²) in [5.41, 5.74) is -0.424. The molecule has 2 N–H and O–H groups in total. The Morgan fingerprint density at radius 1 is 1.04 bits per heavy atom. The molecule has 2 aliphatic carbocycles. The van der Waals surface area contributed by atoms with Crippen LogP contribution < -0.4 is 10.6 Å². The quantitative estimate of drug-likeness (QED) is 0.813. The zero-order chi connectivity index (χ0) is 16.9. The van der Waals surface area contributed by atoms with Crippen molar-refractivity contribution >= 4 is 6.09 Å². The average Bonchev–Trinajstić information content (AvgIpc) is 2.47. The number of ether oxygens (including phenoxy) is 1. The smallest absolute Gasteiger partial charge is 0.407 e. The fraction of sp³-hybridized carbons (Fsp3) is 0.947. The van der Waals surface area contributed by atoms with Gasteiger partial charge in [-0.25, -0.2) is 4.79 Å². The second kappa shape index (κ2) is 8.36. The summed E-state index contributed by atoms with van der Waals surface area (Å²) < 4.78 is 5.36. The summed E-state index contributed by atoms with van der Waals surface area (Å²) in [4.78, 5) is 11.9. The lowest BCUT2D eigenvalue weighted by Crippen LogP contribution is -2.49. The van der Waals surface area contributed by atoms with Crippen LogP contribution in [0.3, 0.4) is 0 Å². The van der Waals surface area contributed by atoms with Gasteiger partial charge in [0.15, 0.2) is 0 Å². The van der Waals surface area contributed by atoms with Crippen molar-refractivity contribution in [3.63, 3.8) is 0 Å². The topological polar surface area (TPSA) is 50.4 Å². The summed E-state index contributed by atoms with van der Waals surface area (Å²) in [7, 11) is 0. The molecule has 0 aromatic carbocycles. The van der Waals surface area contributed by atoms with Crippen molar-refractivity contribution in [1.29, 1.82) is 0 Å². The molecule has 2 atom stereocenters. The predicted octanol–water partition coefficient (Wildman–Crippen LogP) is 4.24. The lowest BCUT2D eigenvalue weighted by molar-refractivity contribution is 0.0509. The molecule has 2 rings (SSSR count). The third-order valence-electron chi connectivity index (χ3n) is 5.28. The van der Waals surface area contributed by atoms with Gasteiger partial charge in [0.05, 0.1) is 0 Å². The first-order valence-electron chi connectivity index (χ1n) is 9.56. The van der Waals surface area contributed by atoms with Crippen LogP contribution in [0.2, 0.25) is 0 Å². The third-order valence-corrected chi connectivity index (χ3v) is 5.28. The van der Waals surface area contributed by atoms with Crippen molar-refractivity contribution in [3.05, 3.63) is 0 Å². The van der Waals surface area contributed by atoms with Gasteiger partial charge in [-0.3, -0.25) is 0 Å². The van der Waals surface area contributed by atoms with Crippen molar-refractivity contribution in [2.45, 2.75) is 96.7 Å². The Hall–Kier alpha value is -0.770. The fourth-order valence-electron chi connectivity index (χ4n) is 3.93. The molecular weight excluding hydrogens is 288 g/mol. The Kier molecular flexibility index (Phi) is 6.75. The molecule has 0 aromatic rings. The lowest BCUT2D eigenvalue weighted by Gasteiger charge is -2.37. The first-order chi connectivity index (χ1) is 10.8. The van der Waals surface area contributed by atoms with Crippen molar-refractivity contribution in [2.75, 3.05) is 6.54 Å². The summed E-state index contributed by atoms with van der Waals surface area (Å²) in [6.45, 7) is 8.81. The largest absolute Gasteiger partial charge is 0.444 e. The standard InChI is InChI=1S/C19H36N2O2/c1-14-9-11-16(12-10-14)21-17-8-6-5-7-15(17)13-20-18(22)23-19(2,3)4/h14-17,21H,5-13H2,1-4H3,(H,20,22). The highest BCUT2D eigenvalue weighted by atomic mass is 16.6. The second-order valence-electron chi connectivity index (χ2n) is 8.66. The highest BCUT2D eigenvalue weighted by Crippen LogP contribution is 2.28. The summed E-state index contributed by atoms with van der Waals surface area (Å²) in [5.74, 6) is 1.43. The first kappa shape index (κ1) is 18.6. The second-order valence-corrected chi connectivity index (χ2v) is 8.66. The molecule has 0 spiro atoms. The predicted molar refractivity (Wildman–Crippen MR) is 94.5 cm³/mol. The molecule has 0 aliphatic heterocycles. The van der Waals surface area contributed by atoms with Gasteiger partial charge in [0.1, 0.15) is 5.60 Å².